The molecule has 4 aliphatic carbocycles. The van der Waals surface area contributed by atoms with Crippen LogP contribution < -0.4 is 0 Å². The summed E-state index contributed by atoms with van der Waals surface area (Å²) in [5.41, 5.74) is 16.3. The third-order valence-electron chi connectivity index (χ3n) is 13.6. The van der Waals surface area contributed by atoms with Gasteiger partial charge in [0.1, 0.15) is 0 Å². The molecule has 0 aliphatic heterocycles. The van der Waals surface area contributed by atoms with Crippen LogP contribution in [0.2, 0.25) is 0 Å². The van der Waals surface area contributed by atoms with Crippen LogP contribution in [0.25, 0.3) is 120 Å². The Hall–Kier alpha value is -7.02. The minimum Gasteiger partial charge on any atom is -0.0767 e. The van der Waals surface area contributed by atoms with Crippen molar-refractivity contribution in [1.29, 1.82) is 0 Å². The Morgan fingerprint density at radius 2 is 0.821 bits per heavy atom. The van der Waals surface area contributed by atoms with Gasteiger partial charge in [0.2, 0.25) is 0 Å². The first-order valence-corrected chi connectivity index (χ1v) is 19.9. The summed E-state index contributed by atoms with van der Waals surface area (Å²) >= 11 is 0. The van der Waals surface area contributed by atoms with E-state index in [1.54, 1.807) is 0 Å². The van der Waals surface area contributed by atoms with Crippen molar-refractivity contribution in [2.75, 3.05) is 0 Å². The van der Waals surface area contributed by atoms with E-state index >= 15 is 0 Å². The van der Waals surface area contributed by atoms with E-state index in [1.807, 2.05) is 0 Å². The SMILES string of the molecule is C1=CC2C=CC=C3c4cc5c(-c6cccc7ccccc67)c6c(c(-c7cccc8ccccc78)c5cc4C(=C1)C32)-c1ccc2ccc3cccc4cc-6c1c2c34. The lowest BCUT2D eigenvalue weighted by molar-refractivity contribution is 0.707. The van der Waals surface area contributed by atoms with E-state index in [4.69, 9.17) is 0 Å². The van der Waals surface area contributed by atoms with Crippen molar-refractivity contribution in [2.45, 2.75) is 0 Å². The summed E-state index contributed by atoms with van der Waals surface area (Å²) in [6.45, 7) is 0. The highest BCUT2D eigenvalue weighted by atomic mass is 14.4. The molecule has 0 heteroatoms. The molecular weight excluding hydrogens is 673 g/mol. The second-order valence-corrected chi connectivity index (χ2v) is 16.2. The Morgan fingerprint density at radius 1 is 0.304 bits per heavy atom. The molecule has 2 unspecified atom stereocenters. The summed E-state index contributed by atoms with van der Waals surface area (Å²) in [5.74, 6) is 0.743. The van der Waals surface area contributed by atoms with Gasteiger partial charge in [0.25, 0.3) is 0 Å². The van der Waals surface area contributed by atoms with Crippen LogP contribution in [0, 0.1) is 11.8 Å². The molecule has 0 N–H and O–H groups in total. The Kier molecular flexibility index (Phi) is 5.44. The van der Waals surface area contributed by atoms with Crippen LogP contribution >= 0.6 is 0 Å². The van der Waals surface area contributed by atoms with Gasteiger partial charge in [-0.1, -0.05) is 164 Å². The average Bonchev–Trinajstić information content (AvgIpc) is 3.75. The van der Waals surface area contributed by atoms with Crippen molar-refractivity contribution < 1.29 is 0 Å². The molecule has 0 spiro atoms. The zero-order valence-corrected chi connectivity index (χ0v) is 30.5. The van der Waals surface area contributed by atoms with Crippen molar-refractivity contribution in [2.24, 2.45) is 11.8 Å². The van der Waals surface area contributed by atoms with Crippen molar-refractivity contribution in [3.63, 3.8) is 0 Å². The Bertz CT molecular complexity index is 3570. The topological polar surface area (TPSA) is 0 Å². The highest BCUT2D eigenvalue weighted by Gasteiger charge is 2.39. The smallest absolute Gasteiger partial charge is 0.0199 e. The van der Waals surface area contributed by atoms with Crippen LogP contribution in [0.3, 0.4) is 0 Å². The molecule has 0 radical (unpaired) electrons. The molecule has 0 heterocycles. The first-order valence-electron chi connectivity index (χ1n) is 19.9. The van der Waals surface area contributed by atoms with Crippen molar-refractivity contribution in [1.82, 2.24) is 0 Å². The summed E-state index contributed by atoms with van der Waals surface area (Å²) < 4.78 is 0. The zero-order valence-electron chi connectivity index (χ0n) is 30.5. The first-order chi connectivity index (χ1) is 27.8. The zero-order chi connectivity index (χ0) is 36.2. The molecule has 0 nitrogen and oxygen atoms in total. The summed E-state index contributed by atoms with van der Waals surface area (Å²) in [7, 11) is 0. The maximum absolute atomic E-state index is 2.59. The molecule has 0 aromatic heterocycles. The van der Waals surface area contributed by atoms with Crippen LogP contribution in [0.15, 0.2) is 182 Å². The first kappa shape index (κ1) is 29.4. The van der Waals surface area contributed by atoms with Gasteiger partial charge in [-0.15, -0.1) is 0 Å². The molecular formula is C56H32. The monoisotopic (exact) mass is 704 g/mol. The quantitative estimate of drug-likeness (QED) is 0.157. The van der Waals surface area contributed by atoms with Crippen molar-refractivity contribution in [3.05, 3.63) is 193 Å². The molecule has 2 atom stereocenters. The fraction of sp³-hybridized carbons (Fsp3) is 0.0357. The molecule has 0 bridgehead atoms. The second kappa shape index (κ2) is 10.4. The second-order valence-electron chi connectivity index (χ2n) is 16.2. The Labute approximate surface area is 324 Å². The van der Waals surface area contributed by atoms with E-state index in [9.17, 15) is 0 Å². The van der Waals surface area contributed by atoms with E-state index in [0.717, 1.165) is 0 Å². The van der Waals surface area contributed by atoms with E-state index in [1.165, 1.54) is 131 Å². The predicted octanol–water partition coefficient (Wildman–Crippen LogP) is 15.2. The molecule has 10 aromatic rings. The van der Waals surface area contributed by atoms with Crippen molar-refractivity contribution >= 4 is 75.8 Å². The molecule has 4 aliphatic rings. The van der Waals surface area contributed by atoms with Crippen molar-refractivity contribution in [3.8, 4) is 44.5 Å². The lowest BCUT2D eigenvalue weighted by atomic mass is 9.78. The van der Waals surface area contributed by atoms with Crippen LogP contribution in [0.1, 0.15) is 11.1 Å². The summed E-state index contributed by atoms with van der Waals surface area (Å²) in [4.78, 5) is 0. The molecule has 0 fully saturated rings. The van der Waals surface area contributed by atoms with Gasteiger partial charge in [-0.3, -0.25) is 0 Å². The standard InChI is InChI=1S/C56H32/c1-3-18-37-31(10-1)12-6-20-39(37)52-46-29-44-41-22-8-15-33-16-9-23-42(50(33)41)45(44)30-47(46)53(40-21-7-13-32-11-2-4-19-38(32)40)56-48-28-36-17-5-14-34-24-25-35-26-27-43(55(52)56)54(48)51(35)49(34)36/h1-30,33,50H. The lowest BCUT2D eigenvalue weighted by Crippen LogP contribution is -2.13. The fourth-order valence-electron chi connectivity index (χ4n) is 11.4. The number of fused-ring (bicyclic) bond motifs is 9. The molecule has 14 rings (SSSR count). The Morgan fingerprint density at radius 3 is 1.48 bits per heavy atom. The number of hydrogen-bond acceptors (Lipinski definition) is 0. The third-order valence-corrected chi connectivity index (χ3v) is 13.6. The highest BCUT2D eigenvalue weighted by Crippen LogP contribution is 2.62. The molecule has 0 amide bonds. The minimum absolute atomic E-state index is 0.359. The van der Waals surface area contributed by atoms with Gasteiger partial charge in [-0.25, -0.2) is 0 Å². The predicted molar refractivity (Wildman–Crippen MR) is 239 cm³/mol. The molecule has 10 aromatic carbocycles. The van der Waals surface area contributed by atoms with Gasteiger partial charge < -0.3 is 0 Å². The van der Waals surface area contributed by atoms with Crippen LogP contribution in [-0.2, 0) is 0 Å². The number of allylic oxidation sites excluding steroid dienone is 8. The molecule has 0 saturated heterocycles. The van der Waals surface area contributed by atoms with E-state index < -0.39 is 0 Å². The molecule has 256 valence electrons. The largest absolute Gasteiger partial charge is 0.0767 e. The highest BCUT2D eigenvalue weighted by molar-refractivity contribution is 6.37. The minimum atomic E-state index is 0.359. The van der Waals surface area contributed by atoms with Crippen LogP contribution in [0.4, 0.5) is 0 Å². The summed E-state index contributed by atoms with van der Waals surface area (Å²) in [5, 5.41) is 15.8. The summed E-state index contributed by atoms with van der Waals surface area (Å²) in [6.07, 6.45) is 14.1. The maximum Gasteiger partial charge on any atom is 0.0199 e. The van der Waals surface area contributed by atoms with E-state index in [-0.39, 0.29) is 0 Å². The number of hydrogen-bond donors (Lipinski definition) is 0. The Balaban J connectivity index is 1.26. The van der Waals surface area contributed by atoms with Crippen LogP contribution in [0.5, 0.6) is 0 Å². The normalized spacial score (nSPS) is 17.4. The van der Waals surface area contributed by atoms with Gasteiger partial charge in [0.15, 0.2) is 0 Å². The fourth-order valence-corrected chi connectivity index (χ4v) is 11.4. The number of benzene rings is 10. The van der Waals surface area contributed by atoms with Gasteiger partial charge in [0.05, 0.1) is 0 Å². The van der Waals surface area contributed by atoms with Gasteiger partial charge in [-0.05, 0) is 150 Å². The lowest BCUT2D eigenvalue weighted by Gasteiger charge is -2.25. The van der Waals surface area contributed by atoms with E-state index in [0.29, 0.717) is 11.8 Å². The van der Waals surface area contributed by atoms with Gasteiger partial charge in [-0.2, -0.15) is 0 Å². The van der Waals surface area contributed by atoms with E-state index in [2.05, 4.69) is 182 Å². The summed E-state index contributed by atoms with van der Waals surface area (Å²) in [6, 6.07) is 55.7. The van der Waals surface area contributed by atoms with Crippen LogP contribution in [-0.4, -0.2) is 0 Å². The number of rotatable bonds is 2. The average molecular weight is 705 g/mol. The maximum atomic E-state index is 2.59. The van der Waals surface area contributed by atoms with Gasteiger partial charge in [0, 0.05) is 11.8 Å². The third kappa shape index (κ3) is 3.56. The molecule has 56 heavy (non-hydrogen) atoms. The molecule has 0 saturated carbocycles. The van der Waals surface area contributed by atoms with Gasteiger partial charge >= 0.3 is 0 Å².